The maximum absolute atomic E-state index is 12.5. The molecule has 2 amide bonds. The molecule has 156 valence electrons. The normalized spacial score (nSPS) is 15.3. The van der Waals surface area contributed by atoms with E-state index in [-0.39, 0.29) is 31.3 Å². The highest BCUT2D eigenvalue weighted by Crippen LogP contribution is 2.07. The van der Waals surface area contributed by atoms with Gasteiger partial charge in [0.1, 0.15) is 18.1 Å². The molecule has 11 nitrogen and oxygen atoms in total. The molecule has 0 aromatic carbocycles. The summed E-state index contributed by atoms with van der Waals surface area (Å²) in [6, 6.07) is -3.31. The Balaban J connectivity index is 4.98. The lowest BCUT2D eigenvalue weighted by atomic mass is 10.0. The van der Waals surface area contributed by atoms with E-state index in [4.69, 9.17) is 17.2 Å². The fourth-order valence-corrected chi connectivity index (χ4v) is 2.22. The van der Waals surface area contributed by atoms with E-state index in [1.54, 1.807) is 0 Å². The van der Waals surface area contributed by atoms with Crippen LogP contribution in [0.3, 0.4) is 0 Å². The SMILES string of the molecule is CC(C)C[C@H](NC(=O)[C@@H](N)[C@@H](C)O)C(=O)N[C@@H](CCCN=C(N)N)C(=O)O. The van der Waals surface area contributed by atoms with E-state index in [2.05, 4.69) is 15.6 Å². The van der Waals surface area contributed by atoms with Gasteiger partial charge in [-0.3, -0.25) is 14.6 Å². The predicted octanol–water partition coefficient (Wildman–Crippen LogP) is -2.15. The summed E-state index contributed by atoms with van der Waals surface area (Å²) in [6.45, 7) is 5.30. The van der Waals surface area contributed by atoms with Gasteiger partial charge in [-0.15, -0.1) is 0 Å². The first-order valence-electron chi connectivity index (χ1n) is 8.78. The summed E-state index contributed by atoms with van der Waals surface area (Å²) in [5.41, 5.74) is 16.0. The number of rotatable bonds is 12. The van der Waals surface area contributed by atoms with Crippen LogP contribution >= 0.6 is 0 Å². The molecule has 0 aromatic rings. The molecule has 0 spiro atoms. The molecule has 0 saturated heterocycles. The van der Waals surface area contributed by atoms with Gasteiger partial charge in [0.2, 0.25) is 11.8 Å². The summed E-state index contributed by atoms with van der Waals surface area (Å²) in [5.74, 6) is -2.58. The number of aliphatic imine (C=N–C) groups is 1. The van der Waals surface area contributed by atoms with Gasteiger partial charge < -0.3 is 38.0 Å². The monoisotopic (exact) mass is 388 g/mol. The second kappa shape index (κ2) is 12.1. The number of nitrogens with zero attached hydrogens (tertiary/aromatic N) is 1. The second-order valence-corrected chi connectivity index (χ2v) is 6.81. The fourth-order valence-electron chi connectivity index (χ4n) is 2.22. The van der Waals surface area contributed by atoms with Crippen molar-refractivity contribution in [2.24, 2.45) is 28.1 Å². The van der Waals surface area contributed by atoms with Crippen LogP contribution in [0.15, 0.2) is 4.99 Å². The molecule has 0 heterocycles. The molecule has 0 fully saturated rings. The summed E-state index contributed by atoms with van der Waals surface area (Å²) in [4.78, 5) is 39.7. The van der Waals surface area contributed by atoms with Crippen molar-refractivity contribution in [2.45, 2.75) is 64.3 Å². The van der Waals surface area contributed by atoms with Crippen molar-refractivity contribution >= 4 is 23.7 Å². The smallest absolute Gasteiger partial charge is 0.326 e. The lowest BCUT2D eigenvalue weighted by molar-refractivity contribution is -0.142. The summed E-state index contributed by atoms with van der Waals surface area (Å²) < 4.78 is 0. The summed E-state index contributed by atoms with van der Waals surface area (Å²) in [6.07, 6.45) is -0.337. The molecule has 0 unspecified atom stereocenters. The summed E-state index contributed by atoms with van der Waals surface area (Å²) in [5, 5.41) is 23.6. The number of hydrogen-bond donors (Lipinski definition) is 7. The topological polar surface area (TPSA) is 206 Å². The molecule has 4 atom stereocenters. The predicted molar refractivity (Wildman–Crippen MR) is 101 cm³/mol. The van der Waals surface area contributed by atoms with Crippen molar-refractivity contribution in [1.29, 1.82) is 0 Å². The van der Waals surface area contributed by atoms with E-state index in [1.165, 1.54) is 6.92 Å². The van der Waals surface area contributed by atoms with Gasteiger partial charge >= 0.3 is 5.97 Å². The number of hydrogen-bond acceptors (Lipinski definition) is 6. The van der Waals surface area contributed by atoms with Crippen LogP contribution in [0.1, 0.15) is 40.0 Å². The van der Waals surface area contributed by atoms with Crippen LogP contribution in [0.5, 0.6) is 0 Å². The van der Waals surface area contributed by atoms with Gasteiger partial charge in [-0.05, 0) is 32.1 Å². The van der Waals surface area contributed by atoms with Gasteiger partial charge in [0, 0.05) is 6.54 Å². The van der Waals surface area contributed by atoms with Crippen LogP contribution in [0.25, 0.3) is 0 Å². The lowest BCUT2D eigenvalue weighted by Gasteiger charge is -2.24. The molecule has 27 heavy (non-hydrogen) atoms. The average molecular weight is 388 g/mol. The Kier molecular flexibility index (Phi) is 11.0. The Morgan fingerprint density at radius 2 is 1.59 bits per heavy atom. The maximum atomic E-state index is 12.5. The molecule has 0 aliphatic rings. The number of aliphatic hydroxyl groups excluding tert-OH is 1. The zero-order chi connectivity index (χ0) is 21.1. The van der Waals surface area contributed by atoms with Crippen LogP contribution in [0, 0.1) is 5.92 Å². The van der Waals surface area contributed by atoms with E-state index < -0.39 is 42.0 Å². The third-order valence-electron chi connectivity index (χ3n) is 3.72. The Labute approximate surface area is 158 Å². The van der Waals surface area contributed by atoms with Gasteiger partial charge in [-0.25, -0.2) is 4.79 Å². The molecule has 11 heteroatoms. The molecule has 0 aliphatic carbocycles. The minimum Gasteiger partial charge on any atom is -0.480 e. The number of carboxylic acid groups (broad SMARTS) is 1. The van der Waals surface area contributed by atoms with Gasteiger partial charge in [0.15, 0.2) is 5.96 Å². The molecule has 0 aliphatic heterocycles. The number of carboxylic acids is 1. The van der Waals surface area contributed by atoms with Crippen molar-refractivity contribution in [3.8, 4) is 0 Å². The van der Waals surface area contributed by atoms with Crippen LogP contribution < -0.4 is 27.8 Å². The van der Waals surface area contributed by atoms with Crippen molar-refractivity contribution in [3.63, 3.8) is 0 Å². The number of carbonyl (C=O) groups is 3. The fraction of sp³-hybridized carbons (Fsp3) is 0.750. The highest BCUT2D eigenvalue weighted by molar-refractivity contribution is 5.91. The third kappa shape index (κ3) is 10.4. The molecule has 0 bridgehead atoms. The van der Waals surface area contributed by atoms with Gasteiger partial charge in [0.05, 0.1) is 6.10 Å². The third-order valence-corrected chi connectivity index (χ3v) is 3.72. The van der Waals surface area contributed by atoms with Crippen molar-refractivity contribution < 1.29 is 24.6 Å². The highest BCUT2D eigenvalue weighted by atomic mass is 16.4. The average Bonchev–Trinajstić information content (AvgIpc) is 2.54. The van der Waals surface area contributed by atoms with Crippen molar-refractivity contribution in [2.75, 3.05) is 6.54 Å². The Hall–Kier alpha value is -2.40. The van der Waals surface area contributed by atoms with E-state index in [0.29, 0.717) is 6.42 Å². The van der Waals surface area contributed by atoms with E-state index in [1.807, 2.05) is 13.8 Å². The van der Waals surface area contributed by atoms with Crippen molar-refractivity contribution in [1.82, 2.24) is 10.6 Å². The van der Waals surface area contributed by atoms with Crippen LogP contribution in [0.2, 0.25) is 0 Å². The quantitative estimate of drug-likeness (QED) is 0.111. The number of nitrogens with one attached hydrogen (secondary N) is 2. The van der Waals surface area contributed by atoms with E-state index in [0.717, 1.165) is 0 Å². The first-order valence-corrected chi connectivity index (χ1v) is 8.78. The minimum absolute atomic E-state index is 0.0500. The van der Waals surface area contributed by atoms with Gasteiger partial charge in [-0.1, -0.05) is 13.8 Å². The molecular formula is C16H32N6O5. The Morgan fingerprint density at radius 1 is 1.04 bits per heavy atom. The number of amides is 2. The number of aliphatic carboxylic acids is 1. The zero-order valence-electron chi connectivity index (χ0n) is 16.0. The molecule has 0 saturated carbocycles. The number of aliphatic hydroxyl groups is 1. The first kappa shape index (κ1) is 24.6. The molecular weight excluding hydrogens is 356 g/mol. The number of nitrogens with two attached hydrogens (primary N) is 3. The maximum Gasteiger partial charge on any atom is 0.326 e. The van der Waals surface area contributed by atoms with Gasteiger partial charge in [-0.2, -0.15) is 0 Å². The highest BCUT2D eigenvalue weighted by Gasteiger charge is 2.29. The largest absolute Gasteiger partial charge is 0.480 e. The second-order valence-electron chi connectivity index (χ2n) is 6.81. The van der Waals surface area contributed by atoms with Crippen LogP contribution in [-0.4, -0.2) is 64.7 Å². The molecule has 0 aromatic heterocycles. The summed E-state index contributed by atoms with van der Waals surface area (Å²) >= 11 is 0. The molecule has 0 rings (SSSR count). The van der Waals surface area contributed by atoms with E-state index in [9.17, 15) is 24.6 Å². The summed E-state index contributed by atoms with van der Waals surface area (Å²) in [7, 11) is 0. The lowest BCUT2D eigenvalue weighted by Crippen LogP contribution is -2.56. The Bertz CT molecular complexity index is 533. The molecule has 0 radical (unpaired) electrons. The zero-order valence-corrected chi connectivity index (χ0v) is 16.0. The first-order chi connectivity index (χ1) is 12.5. The number of carbonyl (C=O) groups excluding carboxylic acids is 2. The molecule has 10 N–H and O–H groups in total. The van der Waals surface area contributed by atoms with Gasteiger partial charge in [0.25, 0.3) is 0 Å². The van der Waals surface area contributed by atoms with Crippen LogP contribution in [-0.2, 0) is 14.4 Å². The van der Waals surface area contributed by atoms with E-state index >= 15 is 0 Å². The number of guanidine groups is 1. The standard InChI is InChI=1S/C16H32N6O5/c1-8(2)7-11(22-14(25)12(17)9(3)23)13(24)21-10(15(26)27)5-4-6-20-16(18)19/h8-12,23H,4-7,17H2,1-3H3,(H,21,24)(H,22,25)(H,26,27)(H4,18,19,20)/t9-,10+,11+,12+/m1/s1. The minimum atomic E-state index is -1.21. The van der Waals surface area contributed by atoms with Crippen LogP contribution in [0.4, 0.5) is 0 Å². The Morgan fingerprint density at radius 3 is 2.04 bits per heavy atom. The van der Waals surface area contributed by atoms with Crippen molar-refractivity contribution in [3.05, 3.63) is 0 Å².